The minimum atomic E-state index is -0.182. The number of aryl methyl sites for hydroxylation is 1. The van der Waals surface area contributed by atoms with E-state index in [0.717, 1.165) is 18.5 Å². The van der Waals surface area contributed by atoms with Gasteiger partial charge in [-0.25, -0.2) is 4.79 Å². The number of carbonyl (C=O) groups excluding carboxylic acids is 1. The number of ether oxygens (including phenoxy) is 1. The fourth-order valence-electron chi connectivity index (χ4n) is 2.13. The van der Waals surface area contributed by atoms with Gasteiger partial charge in [-0.1, -0.05) is 48.0 Å². The number of benzene rings is 2. The van der Waals surface area contributed by atoms with E-state index in [-0.39, 0.29) is 6.03 Å². The van der Waals surface area contributed by atoms with Crippen molar-refractivity contribution in [1.82, 2.24) is 5.32 Å². The van der Waals surface area contributed by atoms with Crippen LogP contribution in [0.4, 0.5) is 10.5 Å². The second-order valence-electron chi connectivity index (χ2n) is 5.45. The molecule has 0 radical (unpaired) electrons. The summed E-state index contributed by atoms with van der Waals surface area (Å²) in [7, 11) is 0. The third-order valence-corrected chi connectivity index (χ3v) is 3.44. The first-order valence-corrected chi connectivity index (χ1v) is 7.97. The van der Waals surface area contributed by atoms with Crippen LogP contribution < -0.4 is 10.6 Å². The Hall–Kier alpha value is -2.33. The minimum Gasteiger partial charge on any atom is -0.381 e. The van der Waals surface area contributed by atoms with Gasteiger partial charge in [0.05, 0.1) is 6.61 Å². The molecule has 23 heavy (non-hydrogen) atoms. The summed E-state index contributed by atoms with van der Waals surface area (Å²) in [5.41, 5.74) is 3.25. The number of hydrogen-bond donors (Lipinski definition) is 2. The van der Waals surface area contributed by atoms with E-state index in [0.29, 0.717) is 19.8 Å². The van der Waals surface area contributed by atoms with Crippen molar-refractivity contribution < 1.29 is 9.53 Å². The van der Waals surface area contributed by atoms with Crippen LogP contribution in [0.1, 0.15) is 17.5 Å². The van der Waals surface area contributed by atoms with Crippen LogP contribution in [-0.4, -0.2) is 25.8 Å². The summed E-state index contributed by atoms with van der Waals surface area (Å²) in [5.74, 6) is 0. The summed E-state index contributed by atoms with van der Waals surface area (Å²) in [6, 6.07) is 17.8. The molecule has 4 nitrogen and oxygen atoms in total. The molecule has 2 aromatic carbocycles. The van der Waals surface area contributed by atoms with Crippen molar-refractivity contribution in [3.8, 4) is 0 Å². The van der Waals surface area contributed by atoms with E-state index >= 15 is 0 Å². The van der Waals surface area contributed by atoms with E-state index in [1.54, 1.807) is 0 Å². The van der Waals surface area contributed by atoms with Gasteiger partial charge in [-0.2, -0.15) is 0 Å². The predicted octanol–water partition coefficient (Wildman–Crippen LogP) is 3.77. The second kappa shape index (κ2) is 9.64. The lowest BCUT2D eigenvalue weighted by molar-refractivity contribution is 0.135. The summed E-state index contributed by atoms with van der Waals surface area (Å²) in [6.07, 6.45) is 1.72. The molecule has 0 unspecified atom stereocenters. The molecule has 122 valence electrons. The maximum Gasteiger partial charge on any atom is 0.319 e. The molecule has 0 spiro atoms. The summed E-state index contributed by atoms with van der Waals surface area (Å²) in [5, 5.41) is 5.63. The van der Waals surface area contributed by atoms with E-state index in [2.05, 4.69) is 22.8 Å². The lowest BCUT2D eigenvalue weighted by Crippen LogP contribution is -2.30. The maximum atomic E-state index is 11.7. The molecular weight excluding hydrogens is 288 g/mol. The van der Waals surface area contributed by atoms with Crippen molar-refractivity contribution in [2.24, 2.45) is 0 Å². The van der Waals surface area contributed by atoms with Gasteiger partial charge in [0.2, 0.25) is 0 Å². The van der Waals surface area contributed by atoms with Crippen LogP contribution in [0.2, 0.25) is 0 Å². The number of hydrogen-bond acceptors (Lipinski definition) is 2. The largest absolute Gasteiger partial charge is 0.381 e. The fraction of sp³-hybridized carbons (Fsp3) is 0.316. The van der Waals surface area contributed by atoms with Crippen molar-refractivity contribution in [3.05, 3.63) is 65.7 Å². The molecule has 4 heteroatoms. The van der Waals surface area contributed by atoms with Crippen LogP contribution >= 0.6 is 0 Å². The smallest absolute Gasteiger partial charge is 0.319 e. The Bertz CT molecular complexity index is 582. The third kappa shape index (κ3) is 6.98. The van der Waals surface area contributed by atoms with Gasteiger partial charge < -0.3 is 15.4 Å². The number of rotatable bonds is 8. The molecule has 0 saturated carbocycles. The van der Waals surface area contributed by atoms with Gasteiger partial charge in [0.25, 0.3) is 0 Å². The number of nitrogens with one attached hydrogen (secondary N) is 2. The van der Waals surface area contributed by atoms with E-state index in [1.165, 1.54) is 11.1 Å². The Morgan fingerprint density at radius 2 is 1.74 bits per heavy atom. The summed E-state index contributed by atoms with van der Waals surface area (Å²) in [4.78, 5) is 11.7. The molecule has 2 amide bonds. The third-order valence-electron chi connectivity index (χ3n) is 3.44. The van der Waals surface area contributed by atoms with Gasteiger partial charge in [-0.3, -0.25) is 0 Å². The van der Waals surface area contributed by atoms with Crippen molar-refractivity contribution >= 4 is 11.7 Å². The second-order valence-corrected chi connectivity index (χ2v) is 5.45. The molecule has 0 aliphatic heterocycles. The first-order valence-electron chi connectivity index (χ1n) is 7.97. The van der Waals surface area contributed by atoms with Crippen LogP contribution in [0.25, 0.3) is 0 Å². The van der Waals surface area contributed by atoms with Crippen molar-refractivity contribution in [2.45, 2.75) is 19.8 Å². The molecule has 0 fully saturated rings. The molecule has 2 rings (SSSR count). The molecule has 0 bridgehead atoms. The summed E-state index contributed by atoms with van der Waals surface area (Å²) < 4.78 is 5.58. The Morgan fingerprint density at radius 1 is 1.00 bits per heavy atom. The maximum absolute atomic E-state index is 11.7. The van der Waals surface area contributed by atoms with E-state index in [9.17, 15) is 4.79 Å². The molecule has 0 atom stereocenters. The minimum absolute atomic E-state index is 0.182. The van der Waals surface area contributed by atoms with Gasteiger partial charge in [0.15, 0.2) is 0 Å². The molecule has 0 aromatic heterocycles. The quantitative estimate of drug-likeness (QED) is 0.729. The number of anilines is 1. The van der Waals surface area contributed by atoms with E-state index in [4.69, 9.17) is 4.74 Å². The lowest BCUT2D eigenvalue weighted by Gasteiger charge is -2.08. The van der Waals surface area contributed by atoms with Gasteiger partial charge in [0.1, 0.15) is 0 Å². The Kier molecular flexibility index (Phi) is 7.14. The van der Waals surface area contributed by atoms with Crippen molar-refractivity contribution in [2.75, 3.05) is 25.1 Å². The van der Waals surface area contributed by atoms with Gasteiger partial charge in [-0.05, 0) is 37.5 Å². The molecule has 0 saturated heterocycles. The summed E-state index contributed by atoms with van der Waals surface area (Å²) >= 11 is 0. The normalized spacial score (nSPS) is 10.3. The highest BCUT2D eigenvalue weighted by Crippen LogP contribution is 2.07. The molecular formula is C19H24N2O2. The van der Waals surface area contributed by atoms with Crippen molar-refractivity contribution in [3.63, 3.8) is 0 Å². The zero-order valence-corrected chi connectivity index (χ0v) is 13.5. The average Bonchev–Trinajstić information content (AvgIpc) is 2.57. The highest BCUT2D eigenvalue weighted by molar-refractivity contribution is 5.89. The van der Waals surface area contributed by atoms with Gasteiger partial charge in [0, 0.05) is 18.8 Å². The molecule has 0 heterocycles. The van der Waals surface area contributed by atoms with Crippen LogP contribution in [0.3, 0.4) is 0 Å². The highest BCUT2D eigenvalue weighted by Gasteiger charge is 2.00. The first-order chi connectivity index (χ1) is 11.2. The number of carbonyl (C=O) groups is 1. The molecule has 0 aliphatic rings. The SMILES string of the molecule is Cc1ccc(NC(=O)NCCCOCCc2ccccc2)cc1. The lowest BCUT2D eigenvalue weighted by atomic mass is 10.2. The summed E-state index contributed by atoms with van der Waals surface area (Å²) in [6.45, 7) is 3.97. The van der Waals surface area contributed by atoms with Gasteiger partial charge >= 0.3 is 6.03 Å². The van der Waals surface area contributed by atoms with Crippen LogP contribution in [-0.2, 0) is 11.2 Å². The average molecular weight is 312 g/mol. The standard InChI is InChI=1S/C19H24N2O2/c1-16-8-10-18(11-9-16)21-19(22)20-13-5-14-23-15-12-17-6-3-2-4-7-17/h2-4,6-11H,5,12-15H2,1H3,(H2,20,21,22). The molecule has 2 N–H and O–H groups in total. The van der Waals surface area contributed by atoms with Crippen LogP contribution in [0, 0.1) is 6.92 Å². The highest BCUT2D eigenvalue weighted by atomic mass is 16.5. The van der Waals surface area contributed by atoms with E-state index < -0.39 is 0 Å². The van der Waals surface area contributed by atoms with E-state index in [1.807, 2.05) is 49.4 Å². The Balaban J connectivity index is 1.50. The Morgan fingerprint density at radius 3 is 2.48 bits per heavy atom. The first kappa shape index (κ1) is 17.0. The monoisotopic (exact) mass is 312 g/mol. The van der Waals surface area contributed by atoms with Crippen molar-refractivity contribution in [1.29, 1.82) is 0 Å². The number of amides is 2. The number of urea groups is 1. The Labute approximate surface area is 137 Å². The van der Waals surface area contributed by atoms with Crippen LogP contribution in [0.5, 0.6) is 0 Å². The fourth-order valence-corrected chi connectivity index (χ4v) is 2.13. The molecule has 0 aliphatic carbocycles. The zero-order chi connectivity index (χ0) is 16.3. The molecule has 2 aromatic rings. The zero-order valence-electron chi connectivity index (χ0n) is 13.5. The predicted molar refractivity (Wildman–Crippen MR) is 93.8 cm³/mol. The topological polar surface area (TPSA) is 50.4 Å². The van der Waals surface area contributed by atoms with Gasteiger partial charge in [-0.15, -0.1) is 0 Å². The van der Waals surface area contributed by atoms with Crippen LogP contribution in [0.15, 0.2) is 54.6 Å².